The number of hydrogen-bond acceptors (Lipinski definition) is 3. The molecular formula is C21H33IN4O. The Kier molecular flexibility index (Phi) is 11.1. The number of nitrogens with zero attached hydrogens (tertiary/aromatic N) is 2. The Bertz CT molecular complexity index is 663. The van der Waals surface area contributed by atoms with Gasteiger partial charge in [0, 0.05) is 25.1 Å². The first-order chi connectivity index (χ1) is 12.7. The van der Waals surface area contributed by atoms with Gasteiger partial charge in [0.2, 0.25) is 0 Å². The lowest BCUT2D eigenvalue weighted by atomic mass is 9.98. The monoisotopic (exact) mass is 484 g/mol. The van der Waals surface area contributed by atoms with Gasteiger partial charge in [-0.1, -0.05) is 56.3 Å². The predicted molar refractivity (Wildman–Crippen MR) is 123 cm³/mol. The minimum Gasteiger partial charge on any atom is -0.361 e. The van der Waals surface area contributed by atoms with Crippen LogP contribution in [0.4, 0.5) is 0 Å². The number of halogens is 1. The van der Waals surface area contributed by atoms with Crippen molar-refractivity contribution in [2.75, 3.05) is 13.1 Å². The Morgan fingerprint density at radius 1 is 1.11 bits per heavy atom. The Balaban J connectivity index is 0.00000364. The Labute approximate surface area is 180 Å². The van der Waals surface area contributed by atoms with Gasteiger partial charge in [0.25, 0.3) is 0 Å². The van der Waals surface area contributed by atoms with Gasteiger partial charge < -0.3 is 15.2 Å². The van der Waals surface area contributed by atoms with Crippen LogP contribution in [0.25, 0.3) is 0 Å². The van der Waals surface area contributed by atoms with Crippen molar-refractivity contribution in [2.24, 2.45) is 4.99 Å². The molecule has 0 aliphatic rings. The summed E-state index contributed by atoms with van der Waals surface area (Å²) in [4.78, 5) is 4.74. The largest absolute Gasteiger partial charge is 0.361 e. The third-order valence-corrected chi connectivity index (χ3v) is 4.58. The van der Waals surface area contributed by atoms with E-state index in [0.29, 0.717) is 12.5 Å². The van der Waals surface area contributed by atoms with Crippen LogP contribution in [0, 0.1) is 0 Å². The van der Waals surface area contributed by atoms with E-state index in [1.807, 2.05) is 0 Å². The molecule has 0 spiro atoms. The number of nitrogens with one attached hydrogen (secondary N) is 2. The molecule has 0 amide bonds. The van der Waals surface area contributed by atoms with Crippen molar-refractivity contribution in [3.8, 4) is 0 Å². The van der Waals surface area contributed by atoms with E-state index in [2.05, 4.69) is 73.8 Å². The zero-order valence-electron chi connectivity index (χ0n) is 16.9. The highest BCUT2D eigenvalue weighted by Gasteiger charge is 2.13. The van der Waals surface area contributed by atoms with Crippen molar-refractivity contribution in [3.05, 3.63) is 52.9 Å². The highest BCUT2D eigenvalue weighted by molar-refractivity contribution is 14.0. The molecule has 0 fully saturated rings. The number of aryl methyl sites for hydroxylation is 2. The normalized spacial score (nSPS) is 12.4. The van der Waals surface area contributed by atoms with Crippen LogP contribution < -0.4 is 10.6 Å². The van der Waals surface area contributed by atoms with E-state index >= 15 is 0 Å². The number of hydrogen-bond donors (Lipinski definition) is 2. The molecule has 2 aromatic rings. The summed E-state index contributed by atoms with van der Waals surface area (Å²) < 4.78 is 5.43. The topological polar surface area (TPSA) is 62.5 Å². The molecule has 1 aromatic carbocycles. The fraction of sp³-hybridized carbons (Fsp3) is 0.524. The molecule has 1 atom stereocenters. The van der Waals surface area contributed by atoms with Gasteiger partial charge in [0.05, 0.1) is 12.2 Å². The number of aromatic nitrogens is 1. The average Bonchev–Trinajstić information content (AvgIpc) is 3.08. The zero-order valence-corrected chi connectivity index (χ0v) is 19.2. The summed E-state index contributed by atoms with van der Waals surface area (Å²) in [7, 11) is 0. The van der Waals surface area contributed by atoms with Crippen molar-refractivity contribution >= 4 is 29.9 Å². The van der Waals surface area contributed by atoms with Gasteiger partial charge in [-0.25, -0.2) is 4.99 Å². The summed E-state index contributed by atoms with van der Waals surface area (Å²) in [5.74, 6) is 2.31. The Morgan fingerprint density at radius 2 is 1.85 bits per heavy atom. The average molecular weight is 484 g/mol. The molecule has 2 N–H and O–H groups in total. The van der Waals surface area contributed by atoms with E-state index in [4.69, 9.17) is 9.52 Å². The molecule has 0 bridgehead atoms. The van der Waals surface area contributed by atoms with Gasteiger partial charge in [0.1, 0.15) is 5.76 Å². The van der Waals surface area contributed by atoms with Crippen LogP contribution in [0.2, 0.25) is 0 Å². The first-order valence-electron chi connectivity index (χ1n) is 9.72. The summed E-state index contributed by atoms with van der Waals surface area (Å²) in [6.07, 6.45) is 2.77. The van der Waals surface area contributed by atoms with Crippen LogP contribution in [0.1, 0.15) is 62.6 Å². The number of rotatable bonds is 9. The van der Waals surface area contributed by atoms with E-state index in [-0.39, 0.29) is 24.0 Å². The second-order valence-corrected chi connectivity index (χ2v) is 6.46. The maximum absolute atomic E-state index is 5.43. The second kappa shape index (κ2) is 12.8. The fourth-order valence-corrected chi connectivity index (χ4v) is 2.97. The lowest BCUT2D eigenvalue weighted by Crippen LogP contribution is -2.38. The summed E-state index contributed by atoms with van der Waals surface area (Å²) in [6.45, 7) is 10.8. The van der Waals surface area contributed by atoms with E-state index in [1.165, 1.54) is 5.56 Å². The maximum Gasteiger partial charge on any atom is 0.191 e. The van der Waals surface area contributed by atoms with Crippen LogP contribution in [-0.2, 0) is 19.4 Å². The number of aliphatic imine (C=N–C) groups is 1. The lowest BCUT2D eigenvalue weighted by molar-refractivity contribution is 0.380. The summed E-state index contributed by atoms with van der Waals surface area (Å²) in [5.41, 5.74) is 3.52. The van der Waals surface area contributed by atoms with Crippen LogP contribution in [0.5, 0.6) is 0 Å². The smallest absolute Gasteiger partial charge is 0.191 e. The first-order valence-corrected chi connectivity index (χ1v) is 9.72. The molecule has 1 aromatic heterocycles. The third-order valence-electron chi connectivity index (χ3n) is 4.58. The first kappa shape index (κ1) is 23.5. The quantitative estimate of drug-likeness (QED) is 0.309. The fourth-order valence-electron chi connectivity index (χ4n) is 2.97. The highest BCUT2D eigenvalue weighted by atomic mass is 127. The molecule has 27 heavy (non-hydrogen) atoms. The molecule has 1 unspecified atom stereocenters. The molecule has 5 nitrogen and oxygen atoms in total. The van der Waals surface area contributed by atoms with Crippen molar-refractivity contribution < 1.29 is 4.52 Å². The van der Waals surface area contributed by atoms with Crippen molar-refractivity contribution in [2.45, 2.75) is 59.4 Å². The van der Waals surface area contributed by atoms with Crippen LogP contribution in [0.15, 0.2) is 39.8 Å². The molecule has 2 rings (SSSR count). The number of benzene rings is 1. The van der Waals surface area contributed by atoms with Gasteiger partial charge in [-0.15, -0.1) is 24.0 Å². The molecule has 0 aliphatic carbocycles. The van der Waals surface area contributed by atoms with E-state index in [9.17, 15) is 0 Å². The molecule has 0 radical (unpaired) electrons. The standard InChI is InChI=1S/C21H32N4O.HI/c1-5-19-18(20(6-2)26-25-19)15-24-21(22-7-3)23-14-13-16(4)17-11-9-8-10-12-17;/h8-12,16H,5-7,13-15H2,1-4H3,(H2,22,23,24);1H. The predicted octanol–water partition coefficient (Wildman–Crippen LogP) is 4.67. The van der Waals surface area contributed by atoms with Gasteiger partial charge in [-0.2, -0.15) is 0 Å². The molecule has 150 valence electrons. The molecule has 0 saturated heterocycles. The lowest BCUT2D eigenvalue weighted by Gasteiger charge is -2.15. The van der Waals surface area contributed by atoms with E-state index in [0.717, 1.165) is 55.3 Å². The third kappa shape index (κ3) is 7.16. The van der Waals surface area contributed by atoms with Crippen molar-refractivity contribution in [3.63, 3.8) is 0 Å². The van der Waals surface area contributed by atoms with Crippen molar-refractivity contribution in [1.29, 1.82) is 0 Å². The van der Waals surface area contributed by atoms with Crippen LogP contribution in [0.3, 0.4) is 0 Å². The summed E-state index contributed by atoms with van der Waals surface area (Å²) in [5, 5.41) is 10.9. The van der Waals surface area contributed by atoms with E-state index < -0.39 is 0 Å². The van der Waals surface area contributed by atoms with Gasteiger partial charge in [-0.3, -0.25) is 0 Å². The van der Waals surface area contributed by atoms with Gasteiger partial charge in [-0.05, 0) is 31.2 Å². The molecule has 6 heteroatoms. The number of guanidine groups is 1. The zero-order chi connectivity index (χ0) is 18.8. The van der Waals surface area contributed by atoms with Crippen LogP contribution >= 0.6 is 24.0 Å². The summed E-state index contributed by atoms with van der Waals surface area (Å²) >= 11 is 0. The summed E-state index contributed by atoms with van der Waals surface area (Å²) in [6, 6.07) is 10.6. The SMILES string of the molecule is CCNC(=NCc1c(CC)noc1CC)NCCC(C)c1ccccc1.I. The van der Waals surface area contributed by atoms with Crippen LogP contribution in [-0.4, -0.2) is 24.2 Å². The van der Waals surface area contributed by atoms with Gasteiger partial charge in [0.15, 0.2) is 5.96 Å². The Hall–Kier alpha value is -1.57. The van der Waals surface area contributed by atoms with E-state index in [1.54, 1.807) is 0 Å². The highest BCUT2D eigenvalue weighted by Crippen LogP contribution is 2.18. The molecule has 0 aliphatic heterocycles. The van der Waals surface area contributed by atoms with Crippen molar-refractivity contribution in [1.82, 2.24) is 15.8 Å². The van der Waals surface area contributed by atoms with Gasteiger partial charge >= 0.3 is 0 Å². The second-order valence-electron chi connectivity index (χ2n) is 6.46. The molecular weight excluding hydrogens is 451 g/mol. The minimum absolute atomic E-state index is 0. The minimum atomic E-state index is 0. The Morgan fingerprint density at radius 3 is 2.48 bits per heavy atom. The maximum atomic E-state index is 5.43. The molecule has 0 saturated carbocycles. The molecule has 1 heterocycles.